The maximum atomic E-state index is 13.2. The zero-order valence-electron chi connectivity index (χ0n) is 13.0. The smallest absolute Gasteiger partial charge is 0.342 e. The maximum Gasteiger partial charge on any atom is 0.411 e. The van der Waals surface area contributed by atoms with Crippen LogP contribution in [0.5, 0.6) is 0 Å². The molecule has 0 unspecified atom stereocenters. The van der Waals surface area contributed by atoms with Crippen molar-refractivity contribution in [2.75, 3.05) is 0 Å². The normalized spacial score (nSPS) is 17.6. The molecule has 1 saturated carbocycles. The minimum atomic E-state index is -4.40. The van der Waals surface area contributed by atoms with E-state index in [1.165, 1.54) is 0 Å². The molecule has 1 aromatic carbocycles. The number of aryl methyl sites for hydroxylation is 1. The zero-order chi connectivity index (χ0) is 17.1. The van der Waals surface area contributed by atoms with E-state index in [0.29, 0.717) is 19.3 Å². The number of rotatable bonds is 7. The Balaban J connectivity index is 1.75. The van der Waals surface area contributed by atoms with E-state index in [1.54, 1.807) is 0 Å². The SMILES string of the molecule is C[C@](NC(=O)CCCCc1ccc(Br)cc1)(C1CC1)C(F)(F)F. The summed E-state index contributed by atoms with van der Waals surface area (Å²) in [5.41, 5.74) is -0.915. The van der Waals surface area contributed by atoms with E-state index in [4.69, 9.17) is 0 Å². The molecule has 2 nitrogen and oxygen atoms in total. The lowest BCUT2D eigenvalue weighted by Crippen LogP contribution is -2.58. The van der Waals surface area contributed by atoms with E-state index in [9.17, 15) is 18.0 Å². The molecule has 0 aromatic heterocycles. The van der Waals surface area contributed by atoms with Crippen molar-refractivity contribution in [2.45, 2.75) is 57.2 Å². The van der Waals surface area contributed by atoms with E-state index < -0.39 is 23.5 Å². The zero-order valence-corrected chi connectivity index (χ0v) is 14.6. The topological polar surface area (TPSA) is 29.1 Å². The number of hydrogen-bond donors (Lipinski definition) is 1. The highest BCUT2D eigenvalue weighted by Gasteiger charge is 2.59. The summed E-state index contributed by atoms with van der Waals surface area (Å²) >= 11 is 3.36. The summed E-state index contributed by atoms with van der Waals surface area (Å²) in [6.07, 6.45) is -1.03. The highest BCUT2D eigenvalue weighted by molar-refractivity contribution is 9.10. The molecule has 0 bridgehead atoms. The number of carbonyl (C=O) groups is 1. The molecule has 1 atom stereocenters. The summed E-state index contributed by atoms with van der Waals surface area (Å²) in [5, 5.41) is 2.23. The molecule has 2 rings (SSSR count). The van der Waals surface area contributed by atoms with Gasteiger partial charge in [-0.1, -0.05) is 28.1 Å². The van der Waals surface area contributed by atoms with Crippen molar-refractivity contribution in [2.24, 2.45) is 5.92 Å². The number of unbranched alkanes of at least 4 members (excludes halogenated alkanes) is 1. The molecular weight excluding hydrogens is 371 g/mol. The minimum Gasteiger partial charge on any atom is -0.342 e. The van der Waals surface area contributed by atoms with Gasteiger partial charge in [0.15, 0.2) is 0 Å². The molecule has 1 fully saturated rings. The fourth-order valence-corrected chi connectivity index (χ4v) is 2.95. The molecule has 1 amide bonds. The predicted molar refractivity (Wildman–Crippen MR) is 87.0 cm³/mol. The van der Waals surface area contributed by atoms with Crippen LogP contribution in [0.1, 0.15) is 44.6 Å². The second-order valence-corrected chi connectivity index (χ2v) is 7.27. The first-order valence-corrected chi connectivity index (χ1v) is 8.64. The Labute approximate surface area is 143 Å². The molecule has 1 N–H and O–H groups in total. The van der Waals surface area contributed by atoms with Crippen molar-refractivity contribution in [1.29, 1.82) is 0 Å². The third kappa shape index (κ3) is 4.96. The number of benzene rings is 1. The Hall–Kier alpha value is -1.04. The molecule has 1 aromatic rings. The highest BCUT2D eigenvalue weighted by atomic mass is 79.9. The molecule has 0 spiro atoms. The van der Waals surface area contributed by atoms with Gasteiger partial charge in [0, 0.05) is 10.9 Å². The predicted octanol–water partition coefficient (Wildman–Crippen LogP) is 5.01. The third-order valence-electron chi connectivity index (χ3n) is 4.41. The maximum absolute atomic E-state index is 13.2. The van der Waals surface area contributed by atoms with Gasteiger partial charge in [-0.05, 0) is 62.6 Å². The fraction of sp³-hybridized carbons (Fsp3) is 0.588. The summed E-state index contributed by atoms with van der Waals surface area (Å²) < 4.78 is 40.5. The van der Waals surface area contributed by atoms with Crippen LogP contribution in [0.15, 0.2) is 28.7 Å². The first-order chi connectivity index (χ1) is 10.7. The Morgan fingerprint density at radius 3 is 2.35 bits per heavy atom. The molecule has 6 heteroatoms. The summed E-state index contributed by atoms with van der Waals surface area (Å²) in [4.78, 5) is 11.9. The van der Waals surface area contributed by atoms with Crippen molar-refractivity contribution in [3.8, 4) is 0 Å². The highest BCUT2D eigenvalue weighted by Crippen LogP contribution is 2.48. The van der Waals surface area contributed by atoms with Crippen molar-refractivity contribution in [3.63, 3.8) is 0 Å². The van der Waals surface area contributed by atoms with E-state index >= 15 is 0 Å². The van der Waals surface area contributed by atoms with Gasteiger partial charge in [0.05, 0.1) is 0 Å². The van der Waals surface area contributed by atoms with Crippen LogP contribution in [0.4, 0.5) is 13.2 Å². The molecule has 1 aliphatic carbocycles. The van der Waals surface area contributed by atoms with Crippen LogP contribution in [0, 0.1) is 5.92 Å². The van der Waals surface area contributed by atoms with Crippen LogP contribution in [0.2, 0.25) is 0 Å². The Kier molecular flexibility index (Phi) is 5.76. The number of amides is 1. The van der Waals surface area contributed by atoms with Gasteiger partial charge in [-0.3, -0.25) is 4.79 Å². The van der Waals surface area contributed by atoms with E-state index in [0.717, 1.165) is 29.8 Å². The second kappa shape index (κ2) is 7.24. The van der Waals surface area contributed by atoms with Gasteiger partial charge in [0.2, 0.25) is 5.91 Å². The van der Waals surface area contributed by atoms with Gasteiger partial charge in [-0.15, -0.1) is 0 Å². The molecule has 0 saturated heterocycles. The Bertz CT molecular complexity index is 540. The van der Waals surface area contributed by atoms with E-state index in [1.807, 2.05) is 24.3 Å². The number of alkyl halides is 3. The Morgan fingerprint density at radius 2 is 1.83 bits per heavy atom. The first kappa shape index (κ1) is 18.3. The van der Waals surface area contributed by atoms with Gasteiger partial charge < -0.3 is 5.32 Å². The molecular formula is C17H21BrF3NO. The number of nitrogens with one attached hydrogen (secondary N) is 1. The fourth-order valence-electron chi connectivity index (χ4n) is 2.68. The minimum absolute atomic E-state index is 0.134. The van der Waals surface area contributed by atoms with Crippen molar-refractivity contribution in [3.05, 3.63) is 34.3 Å². The largest absolute Gasteiger partial charge is 0.411 e. The molecule has 23 heavy (non-hydrogen) atoms. The number of halogens is 4. The monoisotopic (exact) mass is 391 g/mol. The summed E-state index contributed by atoms with van der Waals surface area (Å²) in [5.74, 6) is -0.984. The average molecular weight is 392 g/mol. The molecule has 1 aliphatic rings. The lowest BCUT2D eigenvalue weighted by molar-refractivity contribution is -0.199. The first-order valence-electron chi connectivity index (χ1n) is 7.84. The van der Waals surface area contributed by atoms with E-state index in [-0.39, 0.29) is 6.42 Å². The van der Waals surface area contributed by atoms with Crippen LogP contribution in [-0.4, -0.2) is 17.6 Å². The van der Waals surface area contributed by atoms with Gasteiger partial charge in [0.25, 0.3) is 0 Å². The summed E-state index contributed by atoms with van der Waals surface area (Å²) in [6, 6.07) is 7.90. The van der Waals surface area contributed by atoms with Gasteiger partial charge in [-0.2, -0.15) is 13.2 Å². The van der Waals surface area contributed by atoms with Gasteiger partial charge in [0.1, 0.15) is 5.54 Å². The van der Waals surface area contributed by atoms with E-state index in [2.05, 4.69) is 21.2 Å². The average Bonchev–Trinajstić information content (AvgIpc) is 3.29. The van der Waals surface area contributed by atoms with Crippen LogP contribution >= 0.6 is 15.9 Å². The quantitative estimate of drug-likeness (QED) is 0.650. The molecule has 0 radical (unpaired) electrons. The van der Waals surface area contributed by atoms with Crippen LogP contribution in [0.25, 0.3) is 0 Å². The molecule has 0 aliphatic heterocycles. The van der Waals surface area contributed by atoms with Crippen molar-refractivity contribution < 1.29 is 18.0 Å². The number of hydrogen-bond acceptors (Lipinski definition) is 1. The standard InChI is InChI=1S/C17H21BrF3NO/c1-16(13-8-9-13,17(19,20)21)22-15(23)5-3-2-4-12-6-10-14(18)11-7-12/h6-7,10-11,13H,2-5,8-9H2,1H3,(H,22,23)/t16-/m0/s1. The van der Waals surface area contributed by atoms with Crippen LogP contribution in [0.3, 0.4) is 0 Å². The van der Waals surface area contributed by atoms with Crippen LogP contribution < -0.4 is 5.32 Å². The molecule has 128 valence electrons. The summed E-state index contributed by atoms with van der Waals surface area (Å²) in [7, 11) is 0. The lowest BCUT2D eigenvalue weighted by atomic mass is 9.94. The lowest BCUT2D eigenvalue weighted by Gasteiger charge is -2.33. The van der Waals surface area contributed by atoms with Crippen molar-refractivity contribution >= 4 is 21.8 Å². The molecule has 0 heterocycles. The van der Waals surface area contributed by atoms with Crippen LogP contribution in [-0.2, 0) is 11.2 Å². The number of carbonyl (C=O) groups excluding carboxylic acids is 1. The van der Waals surface area contributed by atoms with Gasteiger partial charge in [-0.25, -0.2) is 0 Å². The second-order valence-electron chi connectivity index (χ2n) is 6.36. The van der Waals surface area contributed by atoms with Gasteiger partial charge >= 0.3 is 6.18 Å². The summed E-state index contributed by atoms with van der Waals surface area (Å²) in [6.45, 7) is 1.10. The third-order valence-corrected chi connectivity index (χ3v) is 4.94. The van der Waals surface area contributed by atoms with Crippen molar-refractivity contribution in [1.82, 2.24) is 5.32 Å². The Morgan fingerprint density at radius 1 is 1.22 bits per heavy atom.